The standard InChI is InChI=1S/C12H9BrClFN2O/c13-10-4-9(16)6-17(12(10)18)5-7-3-8(15)1-2-11(7)14/h1-4,6H,5,16H2. The van der Waals surface area contributed by atoms with Crippen molar-refractivity contribution in [1.29, 1.82) is 0 Å². The van der Waals surface area contributed by atoms with E-state index in [2.05, 4.69) is 15.9 Å². The summed E-state index contributed by atoms with van der Waals surface area (Å²) in [4.78, 5) is 11.8. The van der Waals surface area contributed by atoms with Crippen LogP contribution in [0.4, 0.5) is 10.1 Å². The Morgan fingerprint density at radius 2 is 2.11 bits per heavy atom. The SMILES string of the molecule is Nc1cc(Br)c(=O)n(Cc2cc(F)ccc2Cl)c1. The van der Waals surface area contributed by atoms with Crippen LogP contribution in [0.2, 0.25) is 5.02 Å². The molecule has 6 heteroatoms. The third kappa shape index (κ3) is 2.73. The quantitative estimate of drug-likeness (QED) is 0.919. The van der Waals surface area contributed by atoms with Crippen molar-refractivity contribution in [3.63, 3.8) is 0 Å². The number of rotatable bonds is 2. The van der Waals surface area contributed by atoms with Crippen molar-refractivity contribution in [2.75, 3.05) is 5.73 Å². The summed E-state index contributed by atoms with van der Waals surface area (Å²) in [6.07, 6.45) is 1.49. The van der Waals surface area contributed by atoms with Crippen LogP contribution in [0.25, 0.3) is 0 Å². The molecule has 0 radical (unpaired) electrons. The number of nitrogens with two attached hydrogens (primary N) is 1. The minimum atomic E-state index is -0.398. The van der Waals surface area contributed by atoms with Crippen LogP contribution in [-0.2, 0) is 6.54 Å². The van der Waals surface area contributed by atoms with Gasteiger partial charge in [0, 0.05) is 16.9 Å². The van der Waals surface area contributed by atoms with Gasteiger partial charge in [-0.15, -0.1) is 0 Å². The molecule has 18 heavy (non-hydrogen) atoms. The number of benzene rings is 1. The summed E-state index contributed by atoms with van der Waals surface area (Å²) in [7, 11) is 0. The topological polar surface area (TPSA) is 48.0 Å². The molecular formula is C12H9BrClFN2O. The zero-order chi connectivity index (χ0) is 13.3. The van der Waals surface area contributed by atoms with Gasteiger partial charge >= 0.3 is 0 Å². The van der Waals surface area contributed by atoms with Crippen LogP contribution in [0.1, 0.15) is 5.56 Å². The molecule has 0 saturated heterocycles. The van der Waals surface area contributed by atoms with E-state index in [4.69, 9.17) is 17.3 Å². The molecule has 2 rings (SSSR count). The number of halogens is 3. The lowest BCUT2D eigenvalue weighted by atomic mass is 10.2. The molecule has 0 atom stereocenters. The minimum Gasteiger partial charge on any atom is -0.398 e. The van der Waals surface area contributed by atoms with Gasteiger partial charge in [0.05, 0.1) is 11.0 Å². The van der Waals surface area contributed by atoms with Gasteiger partial charge in [0.25, 0.3) is 5.56 Å². The number of nitrogens with zero attached hydrogens (tertiary/aromatic N) is 1. The van der Waals surface area contributed by atoms with E-state index in [0.717, 1.165) is 0 Å². The van der Waals surface area contributed by atoms with Gasteiger partial charge in [0.1, 0.15) is 5.82 Å². The maximum absolute atomic E-state index is 13.1. The highest BCUT2D eigenvalue weighted by atomic mass is 79.9. The van der Waals surface area contributed by atoms with Gasteiger partial charge in [0.2, 0.25) is 0 Å². The zero-order valence-corrected chi connectivity index (χ0v) is 11.5. The summed E-state index contributed by atoms with van der Waals surface area (Å²) < 4.78 is 14.9. The summed E-state index contributed by atoms with van der Waals surface area (Å²) in [5.74, 6) is -0.398. The second kappa shape index (κ2) is 5.12. The Kier molecular flexibility index (Phi) is 3.73. The third-order valence-corrected chi connectivity index (χ3v) is 3.35. The molecule has 0 aliphatic carbocycles. The molecule has 0 aliphatic heterocycles. The first-order valence-electron chi connectivity index (χ1n) is 5.07. The highest BCUT2D eigenvalue weighted by Crippen LogP contribution is 2.18. The van der Waals surface area contributed by atoms with Crippen molar-refractivity contribution in [2.24, 2.45) is 0 Å². The van der Waals surface area contributed by atoms with Crippen LogP contribution in [0.15, 0.2) is 39.7 Å². The molecule has 1 aromatic carbocycles. The maximum Gasteiger partial charge on any atom is 0.265 e. The van der Waals surface area contributed by atoms with Crippen molar-refractivity contribution in [3.8, 4) is 0 Å². The molecule has 0 saturated carbocycles. The number of pyridine rings is 1. The van der Waals surface area contributed by atoms with Crippen molar-refractivity contribution in [1.82, 2.24) is 4.57 Å². The summed E-state index contributed by atoms with van der Waals surface area (Å²) in [6, 6.07) is 5.54. The molecule has 1 aromatic heterocycles. The van der Waals surface area contributed by atoms with Crippen molar-refractivity contribution >= 4 is 33.2 Å². The van der Waals surface area contributed by atoms with E-state index in [1.807, 2.05) is 0 Å². The zero-order valence-electron chi connectivity index (χ0n) is 9.16. The number of anilines is 1. The second-order valence-corrected chi connectivity index (χ2v) is 5.05. The van der Waals surface area contributed by atoms with Crippen molar-refractivity contribution in [2.45, 2.75) is 6.54 Å². The smallest absolute Gasteiger partial charge is 0.265 e. The first kappa shape index (κ1) is 13.1. The van der Waals surface area contributed by atoms with Crippen LogP contribution in [0.5, 0.6) is 0 Å². The van der Waals surface area contributed by atoms with E-state index in [0.29, 0.717) is 20.7 Å². The van der Waals surface area contributed by atoms with E-state index in [-0.39, 0.29) is 12.1 Å². The van der Waals surface area contributed by atoms with E-state index < -0.39 is 5.82 Å². The van der Waals surface area contributed by atoms with E-state index in [1.165, 1.54) is 35.0 Å². The molecule has 0 spiro atoms. The third-order valence-electron chi connectivity index (χ3n) is 2.41. The lowest BCUT2D eigenvalue weighted by Gasteiger charge is -2.09. The average molecular weight is 332 g/mol. The minimum absolute atomic E-state index is 0.166. The van der Waals surface area contributed by atoms with Crippen LogP contribution >= 0.6 is 27.5 Å². The van der Waals surface area contributed by atoms with Crippen molar-refractivity contribution in [3.05, 3.63) is 61.7 Å². The lowest BCUT2D eigenvalue weighted by molar-refractivity contribution is 0.623. The fourth-order valence-electron chi connectivity index (χ4n) is 1.59. The van der Waals surface area contributed by atoms with Crippen LogP contribution in [-0.4, -0.2) is 4.57 Å². The molecular weight excluding hydrogens is 323 g/mol. The van der Waals surface area contributed by atoms with Gasteiger partial charge in [-0.05, 0) is 45.8 Å². The number of aromatic nitrogens is 1. The summed E-state index contributed by atoms with van der Waals surface area (Å²) in [5.41, 5.74) is 6.37. The molecule has 3 nitrogen and oxygen atoms in total. The summed E-state index contributed by atoms with van der Waals surface area (Å²) in [6.45, 7) is 0.166. The fourth-order valence-corrected chi connectivity index (χ4v) is 2.26. The highest BCUT2D eigenvalue weighted by molar-refractivity contribution is 9.10. The Balaban J connectivity index is 2.46. The predicted octanol–water partition coefficient (Wildman–Crippen LogP) is 3.03. The maximum atomic E-state index is 13.1. The molecule has 0 aliphatic rings. The number of hydrogen-bond acceptors (Lipinski definition) is 2. The molecule has 0 fully saturated rings. The Morgan fingerprint density at radius 1 is 1.39 bits per heavy atom. The van der Waals surface area contributed by atoms with Gasteiger partial charge in [-0.2, -0.15) is 0 Å². The highest BCUT2D eigenvalue weighted by Gasteiger charge is 2.07. The van der Waals surface area contributed by atoms with Gasteiger partial charge < -0.3 is 10.3 Å². The Labute approximate surface area is 116 Å². The molecule has 2 N–H and O–H groups in total. The monoisotopic (exact) mass is 330 g/mol. The first-order chi connectivity index (χ1) is 8.47. The molecule has 0 bridgehead atoms. The van der Waals surface area contributed by atoms with Crippen LogP contribution in [0.3, 0.4) is 0 Å². The molecule has 1 heterocycles. The lowest BCUT2D eigenvalue weighted by Crippen LogP contribution is -2.21. The molecule has 2 aromatic rings. The van der Waals surface area contributed by atoms with Crippen LogP contribution in [0, 0.1) is 5.82 Å². The number of hydrogen-bond donors (Lipinski definition) is 1. The van der Waals surface area contributed by atoms with Gasteiger partial charge in [-0.25, -0.2) is 4.39 Å². The van der Waals surface area contributed by atoms with E-state index in [9.17, 15) is 9.18 Å². The Bertz CT molecular complexity index is 657. The van der Waals surface area contributed by atoms with Crippen LogP contribution < -0.4 is 11.3 Å². The first-order valence-corrected chi connectivity index (χ1v) is 6.24. The largest absolute Gasteiger partial charge is 0.398 e. The van der Waals surface area contributed by atoms with E-state index in [1.54, 1.807) is 0 Å². The van der Waals surface area contributed by atoms with Gasteiger partial charge in [-0.3, -0.25) is 4.79 Å². The Hall–Kier alpha value is -1.33. The molecule has 0 amide bonds. The fraction of sp³-hybridized carbons (Fsp3) is 0.0833. The normalized spacial score (nSPS) is 10.6. The number of nitrogen functional groups attached to an aromatic ring is 1. The Morgan fingerprint density at radius 3 is 2.83 bits per heavy atom. The summed E-state index contributed by atoms with van der Waals surface area (Å²) >= 11 is 9.08. The van der Waals surface area contributed by atoms with Gasteiger partial charge in [0.15, 0.2) is 0 Å². The predicted molar refractivity (Wildman–Crippen MR) is 73.3 cm³/mol. The summed E-state index contributed by atoms with van der Waals surface area (Å²) in [5, 5.41) is 0.404. The second-order valence-electron chi connectivity index (χ2n) is 3.79. The van der Waals surface area contributed by atoms with Gasteiger partial charge in [-0.1, -0.05) is 11.6 Å². The molecule has 0 unspecified atom stereocenters. The molecule has 94 valence electrons. The van der Waals surface area contributed by atoms with E-state index >= 15 is 0 Å². The van der Waals surface area contributed by atoms with Crippen molar-refractivity contribution < 1.29 is 4.39 Å². The average Bonchev–Trinajstić information content (AvgIpc) is 2.30.